The van der Waals surface area contributed by atoms with Crippen LogP contribution in [0.3, 0.4) is 0 Å². The van der Waals surface area contributed by atoms with E-state index in [1.165, 1.54) is 6.07 Å². The van der Waals surface area contributed by atoms with Crippen molar-refractivity contribution < 1.29 is 8.81 Å². The van der Waals surface area contributed by atoms with E-state index in [1.807, 2.05) is 24.9 Å². The van der Waals surface area contributed by atoms with Crippen molar-refractivity contribution in [2.45, 2.75) is 46.1 Å². The lowest BCUT2D eigenvalue weighted by Crippen LogP contribution is -2.38. The fourth-order valence-electron chi connectivity index (χ4n) is 2.62. The predicted molar refractivity (Wildman–Crippen MR) is 128 cm³/mol. The summed E-state index contributed by atoms with van der Waals surface area (Å²) in [5.74, 6) is 1.97. The van der Waals surface area contributed by atoms with Crippen LogP contribution in [0.1, 0.15) is 45.8 Å². The molecule has 0 spiro atoms. The molecule has 6 nitrogen and oxygen atoms in total. The Labute approximate surface area is 190 Å². The van der Waals surface area contributed by atoms with Gasteiger partial charge in [-0.2, -0.15) is 0 Å². The van der Waals surface area contributed by atoms with E-state index >= 15 is 0 Å². The molecule has 29 heavy (non-hydrogen) atoms. The number of benzene rings is 1. The minimum atomic E-state index is -0.201. The van der Waals surface area contributed by atoms with Crippen LogP contribution in [0.2, 0.25) is 0 Å². The molecule has 0 aliphatic heterocycles. The molecule has 0 saturated carbocycles. The number of guanidine groups is 1. The molecule has 0 fully saturated rings. The number of nitrogens with one attached hydrogen (secondary N) is 2. The fourth-order valence-corrected chi connectivity index (χ4v) is 2.62. The SMILES string of the molecule is CCNC(=NCc1ncc(C(C)(C)C)o1)NCCCN(C)c1ccccc1F.I. The molecule has 0 unspecified atom stereocenters. The molecule has 0 aliphatic carbocycles. The molecule has 8 heteroatoms. The van der Waals surface area contributed by atoms with Gasteiger partial charge in [0.25, 0.3) is 0 Å². The van der Waals surface area contributed by atoms with Crippen molar-refractivity contribution in [3.05, 3.63) is 47.9 Å². The van der Waals surface area contributed by atoms with Crippen LogP contribution < -0.4 is 15.5 Å². The van der Waals surface area contributed by atoms with Crippen molar-refractivity contribution in [3.63, 3.8) is 0 Å². The summed E-state index contributed by atoms with van der Waals surface area (Å²) in [5.41, 5.74) is 0.545. The maximum absolute atomic E-state index is 13.8. The van der Waals surface area contributed by atoms with Gasteiger partial charge >= 0.3 is 0 Å². The molecule has 0 radical (unpaired) electrons. The van der Waals surface area contributed by atoms with E-state index in [-0.39, 0.29) is 35.2 Å². The van der Waals surface area contributed by atoms with E-state index in [4.69, 9.17) is 4.42 Å². The van der Waals surface area contributed by atoms with Gasteiger partial charge in [-0.25, -0.2) is 14.4 Å². The van der Waals surface area contributed by atoms with Gasteiger partial charge in [0.2, 0.25) is 5.89 Å². The number of oxazole rings is 1. The highest BCUT2D eigenvalue weighted by Crippen LogP contribution is 2.22. The van der Waals surface area contributed by atoms with E-state index < -0.39 is 0 Å². The summed E-state index contributed by atoms with van der Waals surface area (Å²) >= 11 is 0. The van der Waals surface area contributed by atoms with Gasteiger partial charge in [0.15, 0.2) is 5.96 Å². The van der Waals surface area contributed by atoms with Gasteiger partial charge in [-0.3, -0.25) is 0 Å². The van der Waals surface area contributed by atoms with Crippen LogP contribution in [-0.4, -0.2) is 37.6 Å². The van der Waals surface area contributed by atoms with Gasteiger partial charge in [-0.1, -0.05) is 32.9 Å². The van der Waals surface area contributed by atoms with Crippen LogP contribution >= 0.6 is 24.0 Å². The van der Waals surface area contributed by atoms with Crippen molar-refractivity contribution >= 4 is 35.6 Å². The topological polar surface area (TPSA) is 65.7 Å². The van der Waals surface area contributed by atoms with Gasteiger partial charge < -0.3 is 20.0 Å². The zero-order valence-electron chi connectivity index (χ0n) is 18.0. The maximum atomic E-state index is 13.8. The number of aromatic nitrogens is 1. The third-order valence-electron chi connectivity index (χ3n) is 4.24. The standard InChI is InChI=1S/C21H32FN5O.HI/c1-6-23-20(26-15-19-25-14-18(28-19)21(2,3)4)24-12-9-13-27(5)17-11-8-7-10-16(17)22;/h7-8,10-11,14H,6,9,12-13,15H2,1-5H3,(H2,23,24,26);1H. The van der Waals surface area contributed by atoms with Gasteiger partial charge in [0, 0.05) is 32.1 Å². The molecule has 2 aromatic rings. The van der Waals surface area contributed by atoms with Gasteiger partial charge in [-0.15, -0.1) is 24.0 Å². The zero-order valence-corrected chi connectivity index (χ0v) is 20.3. The smallest absolute Gasteiger partial charge is 0.216 e. The summed E-state index contributed by atoms with van der Waals surface area (Å²) in [5, 5.41) is 6.51. The number of rotatable bonds is 8. The van der Waals surface area contributed by atoms with E-state index in [2.05, 4.69) is 41.4 Å². The first-order valence-electron chi connectivity index (χ1n) is 9.74. The van der Waals surface area contributed by atoms with Crippen LogP contribution in [0.4, 0.5) is 10.1 Å². The van der Waals surface area contributed by atoms with E-state index in [0.29, 0.717) is 24.1 Å². The molecule has 0 amide bonds. The molecule has 1 aromatic heterocycles. The highest BCUT2D eigenvalue weighted by molar-refractivity contribution is 14.0. The average Bonchev–Trinajstić information content (AvgIpc) is 3.13. The number of hydrogen-bond donors (Lipinski definition) is 2. The number of halogens is 2. The summed E-state index contributed by atoms with van der Waals surface area (Å²) in [6.07, 6.45) is 2.62. The Morgan fingerprint density at radius 1 is 1.24 bits per heavy atom. The van der Waals surface area contributed by atoms with Crippen molar-refractivity contribution in [1.82, 2.24) is 15.6 Å². The number of nitrogens with zero attached hydrogens (tertiary/aromatic N) is 3. The largest absolute Gasteiger partial charge is 0.443 e. The molecule has 2 N–H and O–H groups in total. The van der Waals surface area contributed by atoms with Crippen LogP contribution in [-0.2, 0) is 12.0 Å². The van der Waals surface area contributed by atoms with Crippen molar-refractivity contribution in [2.24, 2.45) is 4.99 Å². The second-order valence-corrected chi connectivity index (χ2v) is 7.72. The number of aliphatic imine (C=N–C) groups is 1. The second kappa shape index (κ2) is 12.0. The van der Waals surface area contributed by atoms with Gasteiger partial charge in [0.05, 0.1) is 11.9 Å². The van der Waals surface area contributed by atoms with E-state index in [1.54, 1.807) is 18.3 Å². The molecule has 1 aromatic carbocycles. The predicted octanol–water partition coefficient (Wildman–Crippen LogP) is 4.31. The summed E-state index contributed by atoms with van der Waals surface area (Å²) in [7, 11) is 1.90. The van der Waals surface area contributed by atoms with Gasteiger partial charge in [0.1, 0.15) is 18.1 Å². The molecule has 0 aliphatic rings. The maximum Gasteiger partial charge on any atom is 0.216 e. The Kier molecular flexibility index (Phi) is 10.4. The number of para-hydroxylation sites is 1. The Hall–Kier alpha value is -1.84. The normalized spacial score (nSPS) is 11.7. The van der Waals surface area contributed by atoms with Crippen LogP contribution in [0.5, 0.6) is 0 Å². The minimum absolute atomic E-state index is 0. The molecule has 0 atom stereocenters. The van der Waals surface area contributed by atoms with Crippen molar-refractivity contribution in [2.75, 3.05) is 31.6 Å². The summed E-state index contributed by atoms with van der Waals surface area (Å²) in [6, 6.07) is 6.81. The molecule has 162 valence electrons. The summed E-state index contributed by atoms with van der Waals surface area (Å²) in [4.78, 5) is 10.8. The first kappa shape index (κ1) is 25.2. The highest BCUT2D eigenvalue weighted by atomic mass is 127. The van der Waals surface area contributed by atoms with Crippen LogP contribution in [0, 0.1) is 5.82 Å². The number of hydrogen-bond acceptors (Lipinski definition) is 4. The zero-order chi connectivity index (χ0) is 20.6. The first-order valence-corrected chi connectivity index (χ1v) is 9.74. The Balaban J connectivity index is 0.00000420. The summed E-state index contributed by atoms with van der Waals surface area (Å²) in [6.45, 7) is 10.9. The Morgan fingerprint density at radius 3 is 2.59 bits per heavy atom. The first-order chi connectivity index (χ1) is 13.3. The molecule has 1 heterocycles. The average molecular weight is 517 g/mol. The quantitative estimate of drug-likeness (QED) is 0.237. The summed E-state index contributed by atoms with van der Waals surface area (Å²) < 4.78 is 19.6. The highest BCUT2D eigenvalue weighted by Gasteiger charge is 2.19. The molecular weight excluding hydrogens is 484 g/mol. The molecule has 0 saturated heterocycles. The third-order valence-corrected chi connectivity index (χ3v) is 4.24. The molecule has 0 bridgehead atoms. The Bertz CT molecular complexity index is 772. The lowest BCUT2D eigenvalue weighted by molar-refractivity contribution is 0.383. The van der Waals surface area contributed by atoms with Gasteiger partial charge in [-0.05, 0) is 25.5 Å². The minimum Gasteiger partial charge on any atom is -0.443 e. The molecular formula is C21H33FIN5O. The number of anilines is 1. The lowest BCUT2D eigenvalue weighted by atomic mass is 9.94. The van der Waals surface area contributed by atoms with Crippen LogP contribution in [0.15, 0.2) is 39.9 Å². The second-order valence-electron chi connectivity index (χ2n) is 7.72. The Morgan fingerprint density at radius 2 is 1.97 bits per heavy atom. The third kappa shape index (κ3) is 8.20. The van der Waals surface area contributed by atoms with E-state index in [0.717, 1.165) is 31.8 Å². The van der Waals surface area contributed by atoms with Crippen molar-refractivity contribution in [3.8, 4) is 0 Å². The van der Waals surface area contributed by atoms with Crippen LogP contribution in [0.25, 0.3) is 0 Å². The fraction of sp³-hybridized carbons (Fsp3) is 0.524. The lowest BCUT2D eigenvalue weighted by Gasteiger charge is -2.20. The van der Waals surface area contributed by atoms with E-state index in [9.17, 15) is 4.39 Å². The molecule has 2 rings (SSSR count). The van der Waals surface area contributed by atoms with Crippen molar-refractivity contribution in [1.29, 1.82) is 0 Å². The monoisotopic (exact) mass is 517 g/mol.